The number of hydrogen-bond acceptors (Lipinski definition) is 7. The van der Waals surface area contributed by atoms with Gasteiger partial charge in [-0.3, -0.25) is 24.6 Å². The Morgan fingerprint density at radius 3 is 2.60 bits per heavy atom. The van der Waals surface area contributed by atoms with Gasteiger partial charge in [0.25, 0.3) is 16.8 Å². The molecule has 3 aromatic rings. The van der Waals surface area contributed by atoms with E-state index in [0.717, 1.165) is 16.7 Å². The Balaban J connectivity index is 1.49. The number of nitro benzene ring substituents is 1. The summed E-state index contributed by atoms with van der Waals surface area (Å²) in [6, 6.07) is 17.1. The maximum atomic E-state index is 13.8. The molecule has 35 heavy (non-hydrogen) atoms. The fraction of sp³-hybridized carbons (Fsp3) is 0.120. The highest BCUT2D eigenvalue weighted by Crippen LogP contribution is 2.35. The topological polar surface area (TPSA) is 99.0 Å². The first-order valence-corrected chi connectivity index (χ1v) is 11.2. The number of amides is 2. The van der Waals surface area contributed by atoms with Crippen molar-refractivity contribution >= 4 is 34.7 Å². The smallest absolute Gasteiger partial charge is 0.293 e. The Morgan fingerprint density at radius 2 is 1.86 bits per heavy atom. The third kappa shape index (κ3) is 5.49. The van der Waals surface area contributed by atoms with Gasteiger partial charge < -0.3 is 9.47 Å². The molecule has 1 aliphatic heterocycles. The first-order chi connectivity index (χ1) is 16.9. The van der Waals surface area contributed by atoms with Gasteiger partial charge in [0.2, 0.25) is 0 Å². The summed E-state index contributed by atoms with van der Waals surface area (Å²) >= 11 is 0.784. The van der Waals surface area contributed by atoms with Crippen molar-refractivity contribution < 1.29 is 28.4 Å². The Bertz CT molecular complexity index is 1340. The number of carbonyl (C=O) groups excluding carboxylic acids is 2. The van der Waals surface area contributed by atoms with Gasteiger partial charge in [-0.1, -0.05) is 36.4 Å². The minimum absolute atomic E-state index is 0.0128. The number of ether oxygens (including phenoxy) is 2. The van der Waals surface area contributed by atoms with E-state index >= 15 is 0 Å². The monoisotopic (exact) mass is 494 g/mol. The van der Waals surface area contributed by atoms with Crippen LogP contribution in [-0.4, -0.2) is 28.1 Å². The van der Waals surface area contributed by atoms with Gasteiger partial charge in [-0.25, -0.2) is 4.39 Å². The van der Waals surface area contributed by atoms with Crippen LogP contribution in [0, 0.1) is 15.9 Å². The van der Waals surface area contributed by atoms with E-state index in [1.807, 2.05) is 0 Å². The average Bonchev–Trinajstić information content (AvgIpc) is 3.11. The van der Waals surface area contributed by atoms with Gasteiger partial charge in [-0.2, -0.15) is 0 Å². The molecule has 1 heterocycles. The zero-order valence-electron chi connectivity index (χ0n) is 18.5. The van der Waals surface area contributed by atoms with Crippen LogP contribution in [0.2, 0.25) is 0 Å². The Kier molecular flexibility index (Phi) is 7.11. The Labute approximate surface area is 204 Å². The molecule has 1 aliphatic rings. The zero-order chi connectivity index (χ0) is 24.9. The van der Waals surface area contributed by atoms with Crippen molar-refractivity contribution in [3.8, 4) is 11.5 Å². The van der Waals surface area contributed by atoms with Crippen molar-refractivity contribution in [2.45, 2.75) is 13.2 Å². The van der Waals surface area contributed by atoms with Crippen LogP contribution in [0.5, 0.6) is 11.5 Å². The van der Waals surface area contributed by atoms with Gasteiger partial charge in [-0.05, 0) is 47.2 Å². The molecule has 2 amide bonds. The first-order valence-electron chi connectivity index (χ1n) is 10.4. The molecule has 0 unspecified atom stereocenters. The lowest BCUT2D eigenvalue weighted by Gasteiger charge is -2.12. The molecule has 0 spiro atoms. The summed E-state index contributed by atoms with van der Waals surface area (Å²) in [4.78, 5) is 37.0. The number of rotatable bonds is 8. The average molecular weight is 495 g/mol. The molecule has 10 heteroatoms. The van der Waals surface area contributed by atoms with Crippen LogP contribution in [0.25, 0.3) is 6.08 Å². The SMILES string of the molecule is COc1cc(/C=C2\SC(=O)N(Cc3cccc([N+](=O)[O-])c3)C2=O)ccc1OCc1ccccc1F. The third-order valence-electron chi connectivity index (χ3n) is 5.16. The van der Waals surface area contributed by atoms with Crippen molar-refractivity contribution in [2.75, 3.05) is 7.11 Å². The Hall–Kier alpha value is -4.18. The summed E-state index contributed by atoms with van der Waals surface area (Å²) in [6.07, 6.45) is 1.56. The molecule has 0 bridgehead atoms. The van der Waals surface area contributed by atoms with Gasteiger partial charge in [0.05, 0.1) is 23.5 Å². The molecule has 0 atom stereocenters. The highest BCUT2D eigenvalue weighted by atomic mass is 32.2. The summed E-state index contributed by atoms with van der Waals surface area (Å²) in [7, 11) is 1.46. The number of imide groups is 1. The molecule has 0 saturated carbocycles. The van der Waals surface area contributed by atoms with Crippen LogP contribution in [0.15, 0.2) is 71.6 Å². The fourth-order valence-electron chi connectivity index (χ4n) is 3.40. The van der Waals surface area contributed by atoms with Crippen LogP contribution in [0.1, 0.15) is 16.7 Å². The number of non-ortho nitro benzene ring substituents is 1. The summed E-state index contributed by atoms with van der Waals surface area (Å²) in [5, 5.41) is 10.5. The minimum atomic E-state index is -0.533. The van der Waals surface area contributed by atoms with E-state index < -0.39 is 16.1 Å². The van der Waals surface area contributed by atoms with E-state index in [-0.39, 0.29) is 29.6 Å². The summed E-state index contributed by atoms with van der Waals surface area (Å²) in [5.74, 6) is -0.0909. The molecule has 3 aromatic carbocycles. The molecular weight excluding hydrogens is 475 g/mol. The third-order valence-corrected chi connectivity index (χ3v) is 6.07. The normalized spacial score (nSPS) is 14.5. The molecule has 0 aliphatic carbocycles. The summed E-state index contributed by atoms with van der Waals surface area (Å²) < 4.78 is 24.9. The van der Waals surface area contributed by atoms with E-state index in [9.17, 15) is 24.1 Å². The summed E-state index contributed by atoms with van der Waals surface area (Å²) in [6.45, 7) is -0.0608. The second-order valence-electron chi connectivity index (χ2n) is 7.49. The van der Waals surface area contributed by atoms with Crippen molar-refractivity contribution in [1.82, 2.24) is 4.90 Å². The number of thioether (sulfide) groups is 1. The second-order valence-corrected chi connectivity index (χ2v) is 8.48. The fourth-order valence-corrected chi connectivity index (χ4v) is 4.24. The van der Waals surface area contributed by atoms with Crippen LogP contribution in [0.3, 0.4) is 0 Å². The lowest BCUT2D eigenvalue weighted by Crippen LogP contribution is -2.27. The molecule has 8 nitrogen and oxygen atoms in total. The quantitative estimate of drug-likeness (QED) is 0.230. The Morgan fingerprint density at radius 1 is 1.06 bits per heavy atom. The highest BCUT2D eigenvalue weighted by molar-refractivity contribution is 8.18. The van der Waals surface area contributed by atoms with Crippen molar-refractivity contribution in [1.29, 1.82) is 0 Å². The van der Waals surface area contributed by atoms with E-state index in [4.69, 9.17) is 9.47 Å². The first kappa shape index (κ1) is 24.0. The maximum Gasteiger partial charge on any atom is 0.293 e. The number of nitro groups is 1. The number of benzene rings is 3. The van der Waals surface area contributed by atoms with Crippen LogP contribution >= 0.6 is 11.8 Å². The van der Waals surface area contributed by atoms with Crippen LogP contribution < -0.4 is 9.47 Å². The van der Waals surface area contributed by atoms with Gasteiger partial charge >= 0.3 is 0 Å². The van der Waals surface area contributed by atoms with Crippen molar-refractivity contribution in [3.63, 3.8) is 0 Å². The number of nitrogens with zero attached hydrogens (tertiary/aromatic N) is 2. The molecule has 0 radical (unpaired) electrons. The molecule has 1 fully saturated rings. The standard InChI is InChI=1S/C25H19FN2O6S/c1-33-22-12-16(9-10-21(22)34-15-18-6-2-3-8-20(18)26)13-23-24(29)27(25(30)35-23)14-17-5-4-7-19(11-17)28(31)32/h2-13H,14-15H2,1H3/b23-13-. The van der Waals surface area contributed by atoms with Crippen LogP contribution in [0.4, 0.5) is 14.9 Å². The lowest BCUT2D eigenvalue weighted by atomic mass is 10.1. The van der Waals surface area contributed by atoms with Gasteiger partial charge in [-0.15, -0.1) is 0 Å². The molecule has 0 N–H and O–H groups in total. The van der Waals surface area contributed by atoms with E-state index in [1.165, 1.54) is 31.4 Å². The number of hydrogen-bond donors (Lipinski definition) is 0. The molecular formula is C25H19FN2O6S. The van der Waals surface area contributed by atoms with E-state index in [0.29, 0.717) is 28.2 Å². The van der Waals surface area contributed by atoms with Crippen molar-refractivity contribution in [3.05, 3.63) is 104 Å². The van der Waals surface area contributed by atoms with Gasteiger partial charge in [0, 0.05) is 17.7 Å². The number of methoxy groups -OCH3 is 1. The predicted octanol–water partition coefficient (Wildman–Crippen LogP) is 5.56. The number of halogens is 1. The second kappa shape index (κ2) is 10.4. The minimum Gasteiger partial charge on any atom is -0.493 e. The summed E-state index contributed by atoms with van der Waals surface area (Å²) in [5.41, 5.74) is 1.35. The molecule has 1 saturated heterocycles. The molecule has 4 rings (SSSR count). The molecule has 0 aromatic heterocycles. The van der Waals surface area contributed by atoms with Crippen LogP contribution in [-0.2, 0) is 17.9 Å². The highest BCUT2D eigenvalue weighted by Gasteiger charge is 2.35. The maximum absolute atomic E-state index is 13.8. The zero-order valence-corrected chi connectivity index (χ0v) is 19.3. The van der Waals surface area contributed by atoms with Gasteiger partial charge in [0.1, 0.15) is 12.4 Å². The van der Waals surface area contributed by atoms with E-state index in [1.54, 1.807) is 48.5 Å². The lowest BCUT2D eigenvalue weighted by molar-refractivity contribution is -0.384. The molecule has 178 valence electrons. The van der Waals surface area contributed by atoms with Crippen molar-refractivity contribution in [2.24, 2.45) is 0 Å². The predicted molar refractivity (Wildman–Crippen MR) is 128 cm³/mol. The van der Waals surface area contributed by atoms with Gasteiger partial charge in [0.15, 0.2) is 11.5 Å². The van der Waals surface area contributed by atoms with E-state index in [2.05, 4.69) is 0 Å². The number of carbonyl (C=O) groups is 2. The largest absolute Gasteiger partial charge is 0.493 e.